The molecule has 0 bridgehead atoms. The molecule has 0 amide bonds. The zero-order valence-electron chi connectivity index (χ0n) is 9.66. The van der Waals surface area contributed by atoms with Crippen LogP contribution in [-0.4, -0.2) is 28.8 Å². The van der Waals surface area contributed by atoms with Crippen molar-refractivity contribution in [3.05, 3.63) is 42.2 Å². The molecule has 2 aromatic rings. The van der Waals surface area contributed by atoms with Crippen molar-refractivity contribution < 1.29 is 19.4 Å². The van der Waals surface area contributed by atoms with Crippen LogP contribution in [-0.2, 0) is 9.53 Å². The fourth-order valence-electron chi connectivity index (χ4n) is 1.72. The smallest absolute Gasteiger partial charge is 0.416 e. The Morgan fingerprint density at radius 2 is 2.06 bits per heavy atom. The molecule has 0 saturated carbocycles. The molecule has 0 aliphatic rings. The molecule has 1 aromatic carbocycles. The molecular weight excluding hydrogens is 234 g/mol. The number of hydrogen-bond acceptors (Lipinski definition) is 3. The molecule has 0 spiro atoms. The zero-order chi connectivity index (χ0) is 13.1. The van der Waals surface area contributed by atoms with E-state index in [-0.39, 0.29) is 0 Å². The Kier molecular flexibility index (Phi) is 3.14. The fraction of sp³-hybridized carbons (Fsp3) is 0.0769. The minimum atomic E-state index is -1.10. The molecule has 1 N–H and O–H groups in total. The number of rotatable bonds is 2. The summed E-state index contributed by atoms with van der Waals surface area (Å²) in [5.41, 5.74) is 0.434. The van der Waals surface area contributed by atoms with Gasteiger partial charge < -0.3 is 9.84 Å². The lowest BCUT2D eigenvalue weighted by molar-refractivity contribution is -0.134. The second-order valence-electron chi connectivity index (χ2n) is 3.61. The summed E-state index contributed by atoms with van der Waals surface area (Å²) in [5.74, 6) is -0.530. The molecule has 1 heterocycles. The van der Waals surface area contributed by atoms with Crippen molar-refractivity contribution in [3.8, 4) is 0 Å². The summed E-state index contributed by atoms with van der Waals surface area (Å²) in [7, 11) is 1.26. The molecule has 92 valence electrons. The number of benzene rings is 1. The van der Waals surface area contributed by atoms with Gasteiger partial charge in [-0.05, 0) is 6.08 Å². The quantitative estimate of drug-likeness (QED) is 0.651. The van der Waals surface area contributed by atoms with Crippen LogP contribution in [0.15, 0.2) is 36.5 Å². The highest BCUT2D eigenvalue weighted by atomic mass is 16.5. The van der Waals surface area contributed by atoms with Crippen molar-refractivity contribution in [2.24, 2.45) is 0 Å². The van der Waals surface area contributed by atoms with Crippen molar-refractivity contribution in [1.82, 2.24) is 4.57 Å². The van der Waals surface area contributed by atoms with Gasteiger partial charge in [-0.3, -0.25) is 4.57 Å². The van der Waals surface area contributed by atoms with E-state index in [1.165, 1.54) is 25.5 Å². The number of methoxy groups -OCH3 is 1. The van der Waals surface area contributed by atoms with Crippen LogP contribution < -0.4 is 0 Å². The van der Waals surface area contributed by atoms with Gasteiger partial charge in [-0.2, -0.15) is 0 Å². The summed E-state index contributed by atoms with van der Waals surface area (Å²) < 4.78 is 5.55. The van der Waals surface area contributed by atoms with Crippen molar-refractivity contribution in [2.45, 2.75) is 0 Å². The van der Waals surface area contributed by atoms with Crippen molar-refractivity contribution in [3.63, 3.8) is 0 Å². The number of fused-ring (bicyclic) bond motifs is 1. The highest BCUT2D eigenvalue weighted by molar-refractivity contribution is 5.97. The predicted octanol–water partition coefficient (Wildman–Crippen LogP) is 2.35. The van der Waals surface area contributed by atoms with Crippen LogP contribution in [0.1, 0.15) is 5.69 Å². The van der Waals surface area contributed by atoms with Crippen LogP contribution in [0.25, 0.3) is 16.8 Å². The number of esters is 1. The van der Waals surface area contributed by atoms with E-state index in [1.54, 1.807) is 6.07 Å². The first-order chi connectivity index (χ1) is 8.63. The van der Waals surface area contributed by atoms with Crippen molar-refractivity contribution >= 4 is 28.9 Å². The molecule has 0 aliphatic heterocycles. The van der Waals surface area contributed by atoms with E-state index in [9.17, 15) is 9.59 Å². The molecule has 2 rings (SSSR count). The maximum absolute atomic E-state index is 11.1. The van der Waals surface area contributed by atoms with Crippen LogP contribution in [0.3, 0.4) is 0 Å². The summed E-state index contributed by atoms with van der Waals surface area (Å²) in [5, 5.41) is 10.7. The Balaban J connectivity index is 2.58. The lowest BCUT2D eigenvalue weighted by atomic mass is 10.2. The first kappa shape index (κ1) is 11.9. The van der Waals surface area contributed by atoms with Crippen LogP contribution in [0.2, 0.25) is 0 Å². The van der Waals surface area contributed by atoms with Gasteiger partial charge in [0.05, 0.1) is 12.8 Å². The monoisotopic (exact) mass is 245 g/mol. The van der Waals surface area contributed by atoms with Crippen LogP contribution >= 0.6 is 0 Å². The number of carbonyl (C=O) groups excluding carboxylic acids is 1. The van der Waals surface area contributed by atoms with Gasteiger partial charge in [-0.25, -0.2) is 9.59 Å². The van der Waals surface area contributed by atoms with E-state index in [2.05, 4.69) is 4.74 Å². The fourth-order valence-corrected chi connectivity index (χ4v) is 1.72. The van der Waals surface area contributed by atoms with Gasteiger partial charge in [0, 0.05) is 23.0 Å². The van der Waals surface area contributed by atoms with Crippen LogP contribution in [0.5, 0.6) is 0 Å². The molecule has 0 unspecified atom stereocenters. The third-order valence-corrected chi connectivity index (χ3v) is 2.55. The minimum Gasteiger partial charge on any atom is -0.466 e. The molecule has 18 heavy (non-hydrogen) atoms. The predicted molar refractivity (Wildman–Crippen MR) is 66.4 cm³/mol. The average Bonchev–Trinajstić information content (AvgIpc) is 2.75. The third kappa shape index (κ3) is 2.10. The Bertz CT molecular complexity index is 639. The van der Waals surface area contributed by atoms with Crippen LogP contribution in [0, 0.1) is 0 Å². The van der Waals surface area contributed by atoms with Gasteiger partial charge >= 0.3 is 12.1 Å². The molecule has 5 heteroatoms. The van der Waals surface area contributed by atoms with E-state index in [1.807, 2.05) is 18.2 Å². The van der Waals surface area contributed by atoms with Crippen LogP contribution in [0.4, 0.5) is 4.79 Å². The second-order valence-corrected chi connectivity index (χ2v) is 3.61. The largest absolute Gasteiger partial charge is 0.466 e. The van der Waals surface area contributed by atoms with E-state index >= 15 is 0 Å². The van der Waals surface area contributed by atoms with E-state index in [0.717, 1.165) is 15.3 Å². The maximum atomic E-state index is 11.1. The standard InChI is InChI=1S/C13H11NO4/c1-18-12(15)7-6-11-10-5-3-2-4-9(10)8-14(11)13(16)17/h2-8H,1H3,(H,16,17)/b7-6+. The summed E-state index contributed by atoms with van der Waals surface area (Å²) in [6.45, 7) is 0. The highest BCUT2D eigenvalue weighted by Gasteiger charge is 2.11. The number of carbonyl (C=O) groups is 2. The molecule has 5 nitrogen and oxygen atoms in total. The van der Waals surface area contributed by atoms with E-state index < -0.39 is 12.1 Å². The lowest BCUT2D eigenvalue weighted by Crippen LogP contribution is -2.08. The number of hydrogen-bond donors (Lipinski definition) is 1. The number of ether oxygens (including phenoxy) is 1. The first-order valence-corrected chi connectivity index (χ1v) is 5.23. The molecule has 0 fully saturated rings. The van der Waals surface area contributed by atoms with Gasteiger partial charge in [-0.1, -0.05) is 24.3 Å². The van der Waals surface area contributed by atoms with Gasteiger partial charge in [0.1, 0.15) is 0 Å². The van der Waals surface area contributed by atoms with Crippen molar-refractivity contribution in [1.29, 1.82) is 0 Å². The summed E-state index contributed by atoms with van der Waals surface area (Å²) in [4.78, 5) is 22.2. The SMILES string of the molecule is COC(=O)/C=C/c1c2ccccc2cn1C(=O)O. The van der Waals surface area contributed by atoms with E-state index in [4.69, 9.17) is 5.11 Å². The Morgan fingerprint density at radius 3 is 2.72 bits per heavy atom. The number of aromatic nitrogens is 1. The molecule has 0 saturated heterocycles. The molecule has 0 aliphatic carbocycles. The Hall–Kier alpha value is -2.56. The summed E-state index contributed by atoms with van der Waals surface area (Å²) >= 11 is 0. The normalized spacial score (nSPS) is 10.9. The molecule has 0 atom stereocenters. The highest BCUT2D eigenvalue weighted by Crippen LogP contribution is 2.22. The van der Waals surface area contributed by atoms with Gasteiger partial charge in [0.15, 0.2) is 0 Å². The topological polar surface area (TPSA) is 68.5 Å². The average molecular weight is 245 g/mol. The zero-order valence-corrected chi connectivity index (χ0v) is 9.66. The van der Waals surface area contributed by atoms with Gasteiger partial charge in [0.25, 0.3) is 0 Å². The second kappa shape index (κ2) is 4.75. The molecule has 1 aromatic heterocycles. The van der Waals surface area contributed by atoms with Gasteiger partial charge in [0.2, 0.25) is 0 Å². The Morgan fingerprint density at radius 1 is 1.33 bits per heavy atom. The van der Waals surface area contributed by atoms with Crippen molar-refractivity contribution in [2.75, 3.05) is 7.11 Å². The third-order valence-electron chi connectivity index (χ3n) is 2.55. The Labute approximate surface area is 103 Å². The first-order valence-electron chi connectivity index (χ1n) is 5.23. The molecule has 0 radical (unpaired) electrons. The van der Waals surface area contributed by atoms with E-state index in [0.29, 0.717) is 5.69 Å². The number of nitrogens with zero attached hydrogens (tertiary/aromatic N) is 1. The number of carboxylic acid groups (broad SMARTS) is 1. The summed E-state index contributed by atoms with van der Waals surface area (Å²) in [6, 6.07) is 7.24. The maximum Gasteiger partial charge on any atom is 0.416 e. The molecular formula is C13H11NO4. The van der Waals surface area contributed by atoms with Gasteiger partial charge in [-0.15, -0.1) is 0 Å². The lowest BCUT2D eigenvalue weighted by Gasteiger charge is -1.98. The summed E-state index contributed by atoms with van der Waals surface area (Å²) in [6.07, 6.45) is 3.04. The minimum absolute atomic E-state index is 0.434.